The topological polar surface area (TPSA) is 64.0 Å². The first-order chi connectivity index (χ1) is 14.8. The van der Waals surface area contributed by atoms with Crippen LogP contribution >= 0.6 is 27.3 Å². The molecular formula is C24H22BrN3O2S. The number of aromatic nitrogens is 2. The largest absolute Gasteiger partial charge is 0.324 e. The number of thiophene rings is 1. The van der Waals surface area contributed by atoms with Gasteiger partial charge in [0.25, 0.3) is 5.56 Å². The van der Waals surface area contributed by atoms with Crippen LogP contribution in [-0.2, 0) is 4.79 Å². The van der Waals surface area contributed by atoms with E-state index in [0.29, 0.717) is 15.9 Å². The SMILES string of the molecule is Cc1ccc(-c2c(C)sc3ncn(C(C)C(=O)Nc4ccc(Br)cc4)c(=O)c23)cc1C. The van der Waals surface area contributed by atoms with Gasteiger partial charge >= 0.3 is 0 Å². The van der Waals surface area contributed by atoms with Gasteiger partial charge in [-0.1, -0.05) is 34.1 Å². The fourth-order valence-electron chi connectivity index (χ4n) is 3.54. The van der Waals surface area contributed by atoms with Crippen LogP contribution in [0, 0.1) is 20.8 Å². The molecule has 7 heteroatoms. The molecule has 0 aliphatic rings. The van der Waals surface area contributed by atoms with Crippen molar-refractivity contribution in [1.82, 2.24) is 9.55 Å². The first-order valence-electron chi connectivity index (χ1n) is 9.90. The van der Waals surface area contributed by atoms with Crippen LogP contribution in [0.3, 0.4) is 0 Å². The average molecular weight is 496 g/mol. The zero-order chi connectivity index (χ0) is 22.3. The molecule has 0 aliphatic heterocycles. The third-order valence-corrected chi connectivity index (χ3v) is 7.06. The predicted molar refractivity (Wildman–Crippen MR) is 131 cm³/mol. The molecule has 2 aromatic carbocycles. The van der Waals surface area contributed by atoms with Crippen LogP contribution in [-0.4, -0.2) is 15.5 Å². The van der Waals surface area contributed by atoms with Gasteiger partial charge in [0.15, 0.2) is 0 Å². The van der Waals surface area contributed by atoms with Crippen molar-refractivity contribution in [3.63, 3.8) is 0 Å². The molecule has 0 saturated carbocycles. The van der Waals surface area contributed by atoms with Crippen LogP contribution in [0.4, 0.5) is 5.69 Å². The zero-order valence-electron chi connectivity index (χ0n) is 17.7. The molecule has 0 aliphatic carbocycles. The van der Waals surface area contributed by atoms with Crippen molar-refractivity contribution >= 4 is 49.1 Å². The molecule has 31 heavy (non-hydrogen) atoms. The van der Waals surface area contributed by atoms with E-state index < -0.39 is 6.04 Å². The second-order valence-corrected chi connectivity index (χ2v) is 9.76. The van der Waals surface area contributed by atoms with Gasteiger partial charge in [0.2, 0.25) is 5.91 Å². The lowest BCUT2D eigenvalue weighted by molar-refractivity contribution is -0.118. The molecule has 0 bridgehead atoms. The van der Waals surface area contributed by atoms with E-state index in [1.54, 1.807) is 19.1 Å². The molecule has 2 heterocycles. The van der Waals surface area contributed by atoms with E-state index in [1.165, 1.54) is 33.4 Å². The first-order valence-corrected chi connectivity index (χ1v) is 11.5. The van der Waals surface area contributed by atoms with Crippen molar-refractivity contribution in [3.8, 4) is 11.1 Å². The maximum absolute atomic E-state index is 13.5. The Labute approximate surface area is 192 Å². The van der Waals surface area contributed by atoms with Gasteiger partial charge in [-0.05, 0) is 68.7 Å². The molecule has 4 rings (SSSR count). The number of aryl methyl sites for hydroxylation is 3. The van der Waals surface area contributed by atoms with E-state index in [1.807, 2.05) is 25.1 Å². The Bertz CT molecular complexity index is 1360. The summed E-state index contributed by atoms with van der Waals surface area (Å²) >= 11 is 4.88. The summed E-state index contributed by atoms with van der Waals surface area (Å²) < 4.78 is 2.34. The van der Waals surface area contributed by atoms with Gasteiger partial charge in [0, 0.05) is 20.6 Å². The second kappa shape index (κ2) is 8.40. The zero-order valence-corrected chi connectivity index (χ0v) is 20.1. The first kappa shape index (κ1) is 21.5. The standard InChI is InChI=1S/C24H22BrN3O2S/c1-13-5-6-17(11-14(13)2)20-16(4)31-23-21(20)24(30)28(12-26-23)15(3)22(29)27-19-9-7-18(25)8-10-19/h5-12,15H,1-4H3,(H,27,29). The summed E-state index contributed by atoms with van der Waals surface area (Å²) in [6, 6.07) is 12.8. The average Bonchev–Trinajstić information content (AvgIpc) is 3.08. The highest BCUT2D eigenvalue weighted by molar-refractivity contribution is 9.10. The van der Waals surface area contributed by atoms with Gasteiger partial charge in [-0.2, -0.15) is 0 Å². The second-order valence-electron chi connectivity index (χ2n) is 7.64. The highest BCUT2D eigenvalue weighted by atomic mass is 79.9. The molecule has 158 valence electrons. The number of fused-ring (bicyclic) bond motifs is 1. The molecule has 0 spiro atoms. The number of halogens is 1. The van der Waals surface area contributed by atoms with E-state index >= 15 is 0 Å². The van der Waals surface area contributed by atoms with E-state index in [0.717, 1.165) is 20.5 Å². The molecule has 1 atom stereocenters. The number of rotatable bonds is 4. The molecule has 2 aromatic heterocycles. The van der Waals surface area contributed by atoms with Crippen LogP contribution in [0.2, 0.25) is 0 Å². The Hall–Kier alpha value is -2.77. The Morgan fingerprint density at radius 2 is 1.81 bits per heavy atom. The van der Waals surface area contributed by atoms with Gasteiger partial charge in [0.05, 0.1) is 11.7 Å². The van der Waals surface area contributed by atoms with Crippen molar-refractivity contribution in [1.29, 1.82) is 0 Å². The molecule has 4 aromatic rings. The molecule has 1 unspecified atom stereocenters. The monoisotopic (exact) mass is 495 g/mol. The third kappa shape index (κ3) is 4.07. The molecule has 0 saturated heterocycles. The number of hydrogen-bond acceptors (Lipinski definition) is 4. The molecule has 5 nitrogen and oxygen atoms in total. The summed E-state index contributed by atoms with van der Waals surface area (Å²) in [6.45, 7) is 7.84. The van der Waals surface area contributed by atoms with Gasteiger partial charge in [0.1, 0.15) is 10.9 Å². The van der Waals surface area contributed by atoms with Crippen LogP contribution in [0.15, 0.2) is 58.1 Å². The van der Waals surface area contributed by atoms with Gasteiger partial charge in [-0.25, -0.2) is 4.98 Å². The van der Waals surface area contributed by atoms with E-state index in [4.69, 9.17) is 0 Å². The maximum atomic E-state index is 13.5. The van der Waals surface area contributed by atoms with Crippen LogP contribution in [0.1, 0.15) is 29.0 Å². The normalized spacial score (nSPS) is 12.2. The van der Waals surface area contributed by atoms with Crippen LogP contribution < -0.4 is 10.9 Å². The Morgan fingerprint density at radius 3 is 2.48 bits per heavy atom. The number of carbonyl (C=O) groups is 1. The minimum absolute atomic E-state index is 0.207. The van der Waals surface area contributed by atoms with Crippen molar-refractivity contribution in [3.05, 3.63) is 79.6 Å². The fraction of sp³-hybridized carbons (Fsp3) is 0.208. The summed E-state index contributed by atoms with van der Waals surface area (Å²) in [7, 11) is 0. The van der Waals surface area contributed by atoms with Crippen molar-refractivity contribution in [2.75, 3.05) is 5.32 Å². The van der Waals surface area contributed by atoms with Crippen LogP contribution in [0.5, 0.6) is 0 Å². The lowest BCUT2D eigenvalue weighted by atomic mass is 9.99. The van der Waals surface area contributed by atoms with E-state index in [-0.39, 0.29) is 11.5 Å². The quantitative estimate of drug-likeness (QED) is 0.376. The minimum atomic E-state index is -0.708. The molecule has 0 fully saturated rings. The molecule has 1 N–H and O–H groups in total. The molecule has 1 amide bonds. The number of anilines is 1. The summed E-state index contributed by atoms with van der Waals surface area (Å²) in [5.74, 6) is -0.273. The van der Waals surface area contributed by atoms with Gasteiger partial charge in [-0.15, -0.1) is 11.3 Å². The number of benzene rings is 2. The Balaban J connectivity index is 1.76. The Morgan fingerprint density at radius 1 is 1.10 bits per heavy atom. The van der Waals surface area contributed by atoms with Crippen molar-refractivity contribution < 1.29 is 4.79 Å². The Kier molecular flexibility index (Phi) is 5.81. The number of nitrogens with zero attached hydrogens (tertiary/aromatic N) is 2. The lowest BCUT2D eigenvalue weighted by Crippen LogP contribution is -2.31. The number of nitrogens with one attached hydrogen (secondary N) is 1. The van der Waals surface area contributed by atoms with Crippen molar-refractivity contribution in [2.45, 2.75) is 33.7 Å². The smallest absolute Gasteiger partial charge is 0.263 e. The number of amides is 1. The maximum Gasteiger partial charge on any atom is 0.263 e. The number of hydrogen-bond donors (Lipinski definition) is 1. The summed E-state index contributed by atoms with van der Waals surface area (Å²) in [5.41, 5.74) is 4.73. The predicted octanol–water partition coefficient (Wildman–Crippen LogP) is 6.01. The fourth-order valence-corrected chi connectivity index (χ4v) is 4.81. The third-order valence-electron chi connectivity index (χ3n) is 5.52. The van der Waals surface area contributed by atoms with Crippen LogP contribution in [0.25, 0.3) is 21.3 Å². The van der Waals surface area contributed by atoms with E-state index in [2.05, 4.69) is 52.2 Å². The molecule has 0 radical (unpaired) electrons. The summed E-state index contributed by atoms with van der Waals surface area (Å²) in [4.78, 5) is 32.5. The van der Waals surface area contributed by atoms with Gasteiger partial charge in [-0.3, -0.25) is 14.2 Å². The summed E-state index contributed by atoms with van der Waals surface area (Å²) in [5, 5.41) is 3.43. The highest BCUT2D eigenvalue weighted by Crippen LogP contribution is 2.36. The lowest BCUT2D eigenvalue weighted by Gasteiger charge is -2.15. The summed E-state index contributed by atoms with van der Waals surface area (Å²) in [6.07, 6.45) is 1.47. The van der Waals surface area contributed by atoms with E-state index in [9.17, 15) is 9.59 Å². The van der Waals surface area contributed by atoms with Gasteiger partial charge < -0.3 is 5.32 Å². The number of carbonyl (C=O) groups excluding carboxylic acids is 1. The van der Waals surface area contributed by atoms with Crippen molar-refractivity contribution in [2.24, 2.45) is 0 Å². The molecular weight excluding hydrogens is 474 g/mol. The highest BCUT2D eigenvalue weighted by Gasteiger charge is 2.22. The minimum Gasteiger partial charge on any atom is -0.324 e.